The number of aromatic nitrogens is 2. The second kappa shape index (κ2) is 6.45. The summed E-state index contributed by atoms with van der Waals surface area (Å²) in [5.41, 5.74) is 1.96. The fourth-order valence-corrected chi connectivity index (χ4v) is 2.59. The summed E-state index contributed by atoms with van der Waals surface area (Å²) >= 11 is 1.46. The van der Waals surface area contributed by atoms with Crippen LogP contribution in [0, 0.1) is 6.92 Å². The average Bonchev–Trinajstić information content (AvgIpc) is 2.36. The zero-order valence-corrected chi connectivity index (χ0v) is 13.7. The molecule has 2 N–H and O–H groups in total. The summed E-state index contributed by atoms with van der Waals surface area (Å²) in [7, 11) is 0. The molecule has 0 saturated heterocycles. The van der Waals surface area contributed by atoms with Crippen LogP contribution in [0.4, 0.5) is 0 Å². The van der Waals surface area contributed by atoms with Crippen LogP contribution in [0.3, 0.4) is 0 Å². The van der Waals surface area contributed by atoms with Gasteiger partial charge in [-0.25, -0.2) is 4.98 Å². The van der Waals surface area contributed by atoms with Gasteiger partial charge in [0.1, 0.15) is 0 Å². The lowest BCUT2D eigenvalue weighted by Gasteiger charge is -2.20. The topological polar surface area (TPSA) is 57.8 Å². The van der Waals surface area contributed by atoms with Crippen LogP contribution in [0.25, 0.3) is 0 Å². The molecule has 0 fully saturated rings. The van der Waals surface area contributed by atoms with Gasteiger partial charge in [0.15, 0.2) is 5.16 Å². The summed E-state index contributed by atoms with van der Waals surface area (Å²) < 4.78 is 0. The van der Waals surface area contributed by atoms with E-state index in [-0.39, 0.29) is 11.1 Å². The van der Waals surface area contributed by atoms with Crippen molar-refractivity contribution in [2.24, 2.45) is 0 Å². The number of benzene rings is 1. The van der Waals surface area contributed by atoms with Crippen molar-refractivity contribution in [3.8, 4) is 0 Å². The minimum absolute atomic E-state index is 0.110. The van der Waals surface area contributed by atoms with E-state index in [2.05, 4.69) is 48.2 Å². The summed E-state index contributed by atoms with van der Waals surface area (Å²) in [4.78, 5) is 19.5. The third-order valence-electron chi connectivity index (χ3n) is 2.81. The highest BCUT2D eigenvalue weighted by atomic mass is 32.2. The van der Waals surface area contributed by atoms with E-state index >= 15 is 0 Å². The van der Waals surface area contributed by atoms with Crippen molar-refractivity contribution in [2.75, 3.05) is 0 Å². The van der Waals surface area contributed by atoms with Crippen molar-refractivity contribution >= 4 is 11.8 Å². The van der Waals surface area contributed by atoms with Crippen molar-refractivity contribution in [3.05, 3.63) is 51.9 Å². The number of aromatic amines is 1. The van der Waals surface area contributed by atoms with Gasteiger partial charge in [0, 0.05) is 28.7 Å². The molecular weight excluding hydrogens is 282 g/mol. The lowest BCUT2D eigenvalue weighted by molar-refractivity contribution is 0.424. The van der Waals surface area contributed by atoms with Crippen molar-refractivity contribution < 1.29 is 0 Å². The Balaban J connectivity index is 2.03. The fourth-order valence-electron chi connectivity index (χ4n) is 1.75. The van der Waals surface area contributed by atoms with Crippen molar-refractivity contribution in [1.29, 1.82) is 0 Å². The van der Waals surface area contributed by atoms with Crippen LogP contribution in [0.5, 0.6) is 0 Å². The van der Waals surface area contributed by atoms with Crippen LogP contribution in [0.15, 0.2) is 45.2 Å². The van der Waals surface area contributed by atoms with Crippen molar-refractivity contribution in [3.63, 3.8) is 0 Å². The highest BCUT2D eigenvalue weighted by Crippen LogP contribution is 2.24. The summed E-state index contributed by atoms with van der Waals surface area (Å²) in [6.07, 6.45) is 0. The molecule has 2 rings (SSSR count). The molecule has 0 aliphatic rings. The van der Waals surface area contributed by atoms with E-state index in [0.29, 0.717) is 5.16 Å². The number of nitrogens with one attached hydrogen (secondary N) is 2. The number of rotatable bonds is 4. The van der Waals surface area contributed by atoms with Gasteiger partial charge in [-0.2, -0.15) is 0 Å². The molecule has 0 unspecified atom stereocenters. The van der Waals surface area contributed by atoms with Gasteiger partial charge in [0.05, 0.1) is 0 Å². The first-order valence-corrected chi connectivity index (χ1v) is 7.73. The Kier molecular flexibility index (Phi) is 4.85. The lowest BCUT2D eigenvalue weighted by atomic mass is 10.1. The van der Waals surface area contributed by atoms with E-state index < -0.39 is 0 Å². The van der Waals surface area contributed by atoms with Gasteiger partial charge in [-0.1, -0.05) is 23.9 Å². The molecule has 0 aliphatic carbocycles. The predicted octanol–water partition coefficient (Wildman–Crippen LogP) is 3.12. The normalized spacial score (nSPS) is 11.6. The van der Waals surface area contributed by atoms with Crippen LogP contribution in [0.2, 0.25) is 0 Å². The SMILES string of the molecule is Cc1cc(=O)[nH]c(Sc2ccc(CNC(C)(C)C)cc2)n1. The standard InChI is InChI=1S/C16H21N3OS/c1-11-9-14(20)19-15(18-11)21-13-7-5-12(6-8-13)10-17-16(2,3)4/h5-9,17H,10H2,1-4H3,(H,18,19,20). The summed E-state index contributed by atoms with van der Waals surface area (Å²) in [6.45, 7) is 9.11. The summed E-state index contributed by atoms with van der Waals surface area (Å²) in [6, 6.07) is 9.77. The molecule has 5 heteroatoms. The van der Waals surface area contributed by atoms with Gasteiger partial charge in [-0.15, -0.1) is 0 Å². The molecule has 21 heavy (non-hydrogen) atoms. The van der Waals surface area contributed by atoms with Gasteiger partial charge in [0.2, 0.25) is 0 Å². The van der Waals surface area contributed by atoms with E-state index in [1.54, 1.807) is 0 Å². The van der Waals surface area contributed by atoms with Crippen LogP contribution in [0.1, 0.15) is 32.0 Å². The van der Waals surface area contributed by atoms with Gasteiger partial charge in [-0.05, 0) is 45.4 Å². The molecule has 1 aromatic carbocycles. The molecule has 2 aromatic rings. The monoisotopic (exact) mass is 303 g/mol. The number of hydrogen-bond acceptors (Lipinski definition) is 4. The molecule has 0 atom stereocenters. The molecule has 0 amide bonds. The maximum atomic E-state index is 11.4. The van der Waals surface area contributed by atoms with Crippen molar-refractivity contribution in [2.45, 2.75) is 49.8 Å². The Labute approximate surface area is 129 Å². The molecule has 0 bridgehead atoms. The Hall–Kier alpha value is -1.59. The smallest absolute Gasteiger partial charge is 0.251 e. The first-order valence-electron chi connectivity index (χ1n) is 6.92. The first kappa shape index (κ1) is 15.8. The lowest BCUT2D eigenvalue weighted by Crippen LogP contribution is -2.35. The summed E-state index contributed by atoms with van der Waals surface area (Å²) in [5, 5.41) is 4.08. The number of hydrogen-bond donors (Lipinski definition) is 2. The van der Waals surface area contributed by atoms with Crippen LogP contribution < -0.4 is 10.9 Å². The molecule has 1 aromatic heterocycles. The van der Waals surface area contributed by atoms with Gasteiger partial charge < -0.3 is 10.3 Å². The molecule has 112 valence electrons. The Bertz CT molecular complexity index is 656. The third kappa shape index (κ3) is 5.36. The Morgan fingerprint density at radius 1 is 1.24 bits per heavy atom. The average molecular weight is 303 g/mol. The van der Waals surface area contributed by atoms with Crippen LogP contribution in [-0.4, -0.2) is 15.5 Å². The molecule has 0 aliphatic heterocycles. The fraction of sp³-hybridized carbons (Fsp3) is 0.375. The molecular formula is C16H21N3OS. The van der Waals surface area contributed by atoms with E-state index in [9.17, 15) is 4.79 Å². The second-order valence-electron chi connectivity index (χ2n) is 6.04. The minimum Gasteiger partial charge on any atom is -0.308 e. The van der Waals surface area contributed by atoms with Gasteiger partial charge in [0.25, 0.3) is 5.56 Å². The Morgan fingerprint density at radius 3 is 2.48 bits per heavy atom. The maximum Gasteiger partial charge on any atom is 0.251 e. The quantitative estimate of drug-likeness (QED) is 0.852. The number of H-pyrrole nitrogens is 1. The largest absolute Gasteiger partial charge is 0.308 e. The second-order valence-corrected chi connectivity index (χ2v) is 7.10. The van der Waals surface area contributed by atoms with E-state index in [1.807, 2.05) is 19.1 Å². The molecule has 0 radical (unpaired) electrons. The predicted molar refractivity (Wildman–Crippen MR) is 86.8 cm³/mol. The van der Waals surface area contributed by atoms with Crippen LogP contribution >= 0.6 is 11.8 Å². The number of aryl methyl sites for hydroxylation is 1. The highest BCUT2D eigenvalue weighted by molar-refractivity contribution is 7.99. The van der Waals surface area contributed by atoms with E-state index in [0.717, 1.165) is 17.1 Å². The first-order chi connectivity index (χ1) is 9.82. The third-order valence-corrected chi connectivity index (χ3v) is 3.70. The van der Waals surface area contributed by atoms with Crippen LogP contribution in [-0.2, 0) is 6.54 Å². The van der Waals surface area contributed by atoms with Crippen molar-refractivity contribution in [1.82, 2.24) is 15.3 Å². The zero-order valence-electron chi connectivity index (χ0n) is 12.9. The molecule has 1 heterocycles. The minimum atomic E-state index is -0.115. The van der Waals surface area contributed by atoms with Gasteiger partial charge in [-0.3, -0.25) is 4.79 Å². The van der Waals surface area contributed by atoms with E-state index in [1.165, 1.54) is 23.4 Å². The summed E-state index contributed by atoms with van der Waals surface area (Å²) in [5.74, 6) is 0. The number of nitrogens with zero attached hydrogens (tertiary/aromatic N) is 1. The molecule has 0 saturated carbocycles. The molecule has 4 nitrogen and oxygen atoms in total. The zero-order chi connectivity index (χ0) is 15.5. The van der Waals surface area contributed by atoms with Gasteiger partial charge >= 0.3 is 0 Å². The highest BCUT2D eigenvalue weighted by Gasteiger charge is 2.08. The maximum absolute atomic E-state index is 11.4. The van der Waals surface area contributed by atoms with E-state index in [4.69, 9.17) is 0 Å². The molecule has 0 spiro atoms. The Morgan fingerprint density at radius 2 is 1.90 bits per heavy atom.